The van der Waals surface area contributed by atoms with Gasteiger partial charge in [0.25, 0.3) is 0 Å². The summed E-state index contributed by atoms with van der Waals surface area (Å²) >= 11 is 0. The number of nitrogens with zero attached hydrogens (tertiary/aromatic N) is 1. The minimum Gasteiger partial charge on any atom is -0.373 e. The van der Waals surface area contributed by atoms with Crippen LogP contribution in [0.5, 0.6) is 0 Å². The van der Waals surface area contributed by atoms with Crippen molar-refractivity contribution in [2.45, 2.75) is 51.9 Å². The lowest BCUT2D eigenvalue weighted by Crippen LogP contribution is -2.49. The molecule has 1 atom stereocenters. The Labute approximate surface area is 133 Å². The number of carbonyl (C=O) groups excluding carboxylic acids is 1. The van der Waals surface area contributed by atoms with Gasteiger partial charge in [-0.2, -0.15) is 0 Å². The van der Waals surface area contributed by atoms with Crippen LogP contribution in [0.1, 0.15) is 38.7 Å². The van der Waals surface area contributed by atoms with Gasteiger partial charge < -0.3 is 10.1 Å². The van der Waals surface area contributed by atoms with Crippen molar-refractivity contribution in [1.82, 2.24) is 10.2 Å². The van der Waals surface area contributed by atoms with Crippen LogP contribution >= 0.6 is 0 Å². The molecule has 1 N–H and O–H groups in total. The summed E-state index contributed by atoms with van der Waals surface area (Å²) in [7, 11) is 0. The zero-order valence-corrected chi connectivity index (χ0v) is 13.8. The maximum Gasteiger partial charge on any atom is 0.237 e. The molecule has 122 valence electrons. The lowest BCUT2D eigenvalue weighted by molar-refractivity contribution is -0.127. The Bertz CT molecular complexity index is 442. The first-order valence-electron chi connectivity index (χ1n) is 8.38. The van der Waals surface area contributed by atoms with Crippen molar-refractivity contribution in [3.63, 3.8) is 0 Å². The number of hydrogen-bond donors (Lipinski definition) is 1. The molecule has 1 aliphatic heterocycles. The van der Waals surface area contributed by atoms with Gasteiger partial charge in [-0.15, -0.1) is 0 Å². The van der Waals surface area contributed by atoms with Crippen molar-refractivity contribution in [2.24, 2.45) is 0 Å². The number of benzene rings is 1. The van der Waals surface area contributed by atoms with Crippen LogP contribution in [0.3, 0.4) is 0 Å². The van der Waals surface area contributed by atoms with Gasteiger partial charge in [0.05, 0.1) is 18.8 Å². The molecular formula is C18H28N2O2. The first-order chi connectivity index (χ1) is 10.7. The smallest absolute Gasteiger partial charge is 0.237 e. The first kappa shape index (κ1) is 17.0. The lowest BCUT2D eigenvalue weighted by Gasteiger charge is -2.35. The second kappa shape index (κ2) is 8.91. The molecule has 1 aromatic carbocycles. The SMILES string of the molecule is CCCNC(=O)[C@H](C)N1CCC(OCc2ccccc2)CC1. The topological polar surface area (TPSA) is 41.6 Å². The van der Waals surface area contributed by atoms with Gasteiger partial charge in [-0.05, 0) is 31.7 Å². The molecule has 0 saturated carbocycles. The molecule has 1 saturated heterocycles. The number of nitrogens with one attached hydrogen (secondary N) is 1. The molecule has 0 radical (unpaired) electrons. The summed E-state index contributed by atoms with van der Waals surface area (Å²) in [6, 6.07) is 10.2. The zero-order valence-electron chi connectivity index (χ0n) is 13.8. The summed E-state index contributed by atoms with van der Waals surface area (Å²) in [6.07, 6.45) is 3.28. The minimum absolute atomic E-state index is 0.0402. The molecule has 0 unspecified atom stereocenters. The molecule has 1 fully saturated rings. The monoisotopic (exact) mass is 304 g/mol. The van der Waals surface area contributed by atoms with Gasteiger partial charge in [0.15, 0.2) is 0 Å². The standard InChI is InChI=1S/C18H28N2O2/c1-3-11-19-18(21)15(2)20-12-9-17(10-13-20)22-14-16-7-5-4-6-8-16/h4-8,15,17H,3,9-14H2,1-2H3,(H,19,21)/t15-/m0/s1. The van der Waals surface area contributed by atoms with E-state index < -0.39 is 0 Å². The molecule has 0 aliphatic carbocycles. The fourth-order valence-electron chi connectivity index (χ4n) is 2.78. The van der Waals surface area contributed by atoms with Crippen LogP contribution in [0.25, 0.3) is 0 Å². The van der Waals surface area contributed by atoms with Crippen LogP contribution in [-0.2, 0) is 16.1 Å². The minimum atomic E-state index is -0.0402. The van der Waals surface area contributed by atoms with Gasteiger partial charge in [0, 0.05) is 19.6 Å². The highest BCUT2D eigenvalue weighted by Gasteiger charge is 2.26. The summed E-state index contributed by atoms with van der Waals surface area (Å²) in [4.78, 5) is 14.3. The molecular weight excluding hydrogens is 276 g/mol. The van der Waals surface area contributed by atoms with E-state index in [4.69, 9.17) is 4.74 Å². The Hall–Kier alpha value is -1.39. The van der Waals surface area contributed by atoms with Crippen molar-refractivity contribution in [3.05, 3.63) is 35.9 Å². The van der Waals surface area contributed by atoms with Crippen molar-refractivity contribution in [1.29, 1.82) is 0 Å². The maximum absolute atomic E-state index is 12.0. The number of hydrogen-bond acceptors (Lipinski definition) is 3. The fourth-order valence-corrected chi connectivity index (χ4v) is 2.78. The van der Waals surface area contributed by atoms with Crippen LogP contribution in [0.4, 0.5) is 0 Å². The average molecular weight is 304 g/mol. The number of likely N-dealkylation sites (tertiary alicyclic amines) is 1. The summed E-state index contributed by atoms with van der Waals surface area (Å²) < 4.78 is 6.00. The van der Waals surface area contributed by atoms with Crippen LogP contribution in [0, 0.1) is 0 Å². The van der Waals surface area contributed by atoms with Gasteiger partial charge in [0.1, 0.15) is 0 Å². The Balaban J connectivity index is 1.70. The number of piperidine rings is 1. The van der Waals surface area contributed by atoms with Crippen molar-refractivity contribution in [3.8, 4) is 0 Å². The Morgan fingerprint density at radius 2 is 2.00 bits per heavy atom. The lowest BCUT2D eigenvalue weighted by atomic mass is 10.1. The predicted octanol–water partition coefficient (Wildman–Crippen LogP) is 2.58. The molecule has 1 amide bonds. The molecule has 4 nitrogen and oxygen atoms in total. The van der Waals surface area contributed by atoms with Gasteiger partial charge in [-0.1, -0.05) is 37.3 Å². The number of ether oxygens (including phenoxy) is 1. The van der Waals surface area contributed by atoms with Gasteiger partial charge in [-0.3, -0.25) is 9.69 Å². The van der Waals surface area contributed by atoms with Gasteiger partial charge >= 0.3 is 0 Å². The highest BCUT2D eigenvalue weighted by atomic mass is 16.5. The Morgan fingerprint density at radius 3 is 2.64 bits per heavy atom. The summed E-state index contributed by atoms with van der Waals surface area (Å²) in [5.41, 5.74) is 1.22. The van der Waals surface area contributed by atoms with E-state index in [1.807, 2.05) is 25.1 Å². The number of amides is 1. The maximum atomic E-state index is 12.0. The molecule has 1 aliphatic rings. The van der Waals surface area contributed by atoms with Crippen molar-refractivity contribution in [2.75, 3.05) is 19.6 Å². The zero-order chi connectivity index (χ0) is 15.8. The Morgan fingerprint density at radius 1 is 1.32 bits per heavy atom. The van der Waals surface area contributed by atoms with Crippen molar-refractivity contribution < 1.29 is 9.53 Å². The van der Waals surface area contributed by atoms with Crippen LogP contribution in [-0.4, -0.2) is 42.6 Å². The quantitative estimate of drug-likeness (QED) is 0.842. The van der Waals surface area contributed by atoms with E-state index in [2.05, 4.69) is 29.3 Å². The van der Waals surface area contributed by atoms with E-state index in [1.165, 1.54) is 5.56 Å². The van der Waals surface area contributed by atoms with E-state index in [0.717, 1.165) is 38.9 Å². The molecule has 0 spiro atoms. The fraction of sp³-hybridized carbons (Fsp3) is 0.611. The molecule has 1 heterocycles. The third-order valence-corrected chi connectivity index (χ3v) is 4.28. The second-order valence-electron chi connectivity index (χ2n) is 6.00. The number of rotatable bonds is 7. The highest BCUT2D eigenvalue weighted by Crippen LogP contribution is 2.17. The molecule has 22 heavy (non-hydrogen) atoms. The summed E-state index contributed by atoms with van der Waals surface area (Å²) in [5.74, 6) is 0.144. The molecule has 4 heteroatoms. The Kier molecular flexibility index (Phi) is 6.87. The van der Waals surface area contributed by atoms with Crippen LogP contribution < -0.4 is 5.32 Å². The van der Waals surface area contributed by atoms with Gasteiger partial charge in [-0.25, -0.2) is 0 Å². The van der Waals surface area contributed by atoms with Crippen LogP contribution in [0.15, 0.2) is 30.3 Å². The summed E-state index contributed by atoms with van der Waals surface area (Å²) in [5, 5.41) is 2.98. The largest absolute Gasteiger partial charge is 0.373 e. The first-order valence-corrected chi connectivity index (χ1v) is 8.38. The predicted molar refractivity (Wildman–Crippen MR) is 88.6 cm³/mol. The third-order valence-electron chi connectivity index (χ3n) is 4.28. The van der Waals surface area contributed by atoms with E-state index in [1.54, 1.807) is 0 Å². The van der Waals surface area contributed by atoms with E-state index >= 15 is 0 Å². The van der Waals surface area contributed by atoms with Crippen LogP contribution in [0.2, 0.25) is 0 Å². The third kappa shape index (κ3) is 5.11. The van der Waals surface area contributed by atoms with E-state index in [-0.39, 0.29) is 11.9 Å². The summed E-state index contributed by atoms with van der Waals surface area (Å²) in [6.45, 7) is 7.37. The number of carbonyl (C=O) groups is 1. The van der Waals surface area contributed by atoms with E-state index in [0.29, 0.717) is 12.7 Å². The van der Waals surface area contributed by atoms with Crippen molar-refractivity contribution >= 4 is 5.91 Å². The molecule has 0 bridgehead atoms. The molecule has 0 aromatic heterocycles. The van der Waals surface area contributed by atoms with Gasteiger partial charge in [0.2, 0.25) is 5.91 Å². The normalized spacial score (nSPS) is 18.1. The second-order valence-corrected chi connectivity index (χ2v) is 6.00. The molecule has 1 aromatic rings. The molecule has 2 rings (SSSR count). The average Bonchev–Trinajstić information content (AvgIpc) is 2.58. The van der Waals surface area contributed by atoms with E-state index in [9.17, 15) is 4.79 Å². The highest BCUT2D eigenvalue weighted by molar-refractivity contribution is 5.81.